The molecule has 0 bridgehead atoms. The molecule has 3 amide bonds. The first-order valence-corrected chi connectivity index (χ1v) is 8.60. The van der Waals surface area contributed by atoms with Crippen LogP contribution in [0.5, 0.6) is 0 Å². The van der Waals surface area contributed by atoms with Gasteiger partial charge < -0.3 is 10.1 Å². The second kappa shape index (κ2) is 5.66. The van der Waals surface area contributed by atoms with E-state index in [0.717, 1.165) is 27.1 Å². The second-order valence-corrected chi connectivity index (χ2v) is 8.01. The van der Waals surface area contributed by atoms with Crippen molar-refractivity contribution >= 4 is 45.2 Å². The van der Waals surface area contributed by atoms with E-state index in [0.29, 0.717) is 0 Å². The molecule has 2 heterocycles. The van der Waals surface area contributed by atoms with E-state index in [-0.39, 0.29) is 25.0 Å². The topological polar surface area (TPSA) is 75.7 Å². The van der Waals surface area contributed by atoms with Gasteiger partial charge in [0, 0.05) is 5.56 Å². The predicted molar refractivity (Wildman–Crippen MR) is 83.2 cm³/mol. The number of esters is 1. The van der Waals surface area contributed by atoms with Crippen LogP contribution in [0.3, 0.4) is 0 Å². The van der Waals surface area contributed by atoms with Crippen LogP contribution in [0.25, 0.3) is 0 Å². The minimum atomic E-state index is -0.865. The van der Waals surface area contributed by atoms with E-state index in [1.165, 1.54) is 11.3 Å². The lowest BCUT2D eigenvalue weighted by atomic mass is 9.96. The summed E-state index contributed by atoms with van der Waals surface area (Å²) in [6, 6.07) is 1.34. The van der Waals surface area contributed by atoms with Gasteiger partial charge in [-0.1, -0.05) is 0 Å². The van der Waals surface area contributed by atoms with Crippen LogP contribution < -0.4 is 5.32 Å². The summed E-state index contributed by atoms with van der Waals surface area (Å²) < 4.78 is 6.07. The largest absolute Gasteiger partial charge is 0.459 e. The van der Waals surface area contributed by atoms with E-state index < -0.39 is 17.5 Å². The molecule has 1 aliphatic heterocycles. The van der Waals surface area contributed by atoms with Crippen molar-refractivity contribution < 1.29 is 19.1 Å². The highest BCUT2D eigenvalue weighted by atomic mass is 79.9. The smallest absolute Gasteiger partial charge is 0.326 e. The third kappa shape index (κ3) is 2.89. The van der Waals surface area contributed by atoms with Crippen LogP contribution in [0, 0.1) is 5.92 Å². The van der Waals surface area contributed by atoms with Gasteiger partial charge in [0.2, 0.25) is 0 Å². The number of hydrogen-bond donors (Lipinski definition) is 1. The zero-order chi connectivity index (χ0) is 15.9. The number of amides is 3. The van der Waals surface area contributed by atoms with Crippen molar-refractivity contribution in [3.05, 3.63) is 20.8 Å². The fourth-order valence-electron chi connectivity index (χ4n) is 2.56. The van der Waals surface area contributed by atoms with Gasteiger partial charge in [-0.2, -0.15) is 0 Å². The summed E-state index contributed by atoms with van der Waals surface area (Å²) in [6.45, 7) is 1.50. The maximum absolute atomic E-state index is 12.4. The maximum atomic E-state index is 12.4. The van der Waals surface area contributed by atoms with Crippen molar-refractivity contribution in [2.24, 2.45) is 5.92 Å². The first kappa shape index (κ1) is 15.5. The van der Waals surface area contributed by atoms with Gasteiger partial charge in [0.05, 0.1) is 3.79 Å². The van der Waals surface area contributed by atoms with Crippen molar-refractivity contribution in [2.75, 3.05) is 6.54 Å². The zero-order valence-electron chi connectivity index (χ0n) is 11.9. The molecule has 2 fully saturated rings. The highest BCUT2D eigenvalue weighted by Crippen LogP contribution is 2.42. The third-order valence-electron chi connectivity index (χ3n) is 4.00. The average molecular weight is 387 g/mol. The Hall–Kier alpha value is -1.41. The standard InChI is InChI=1S/C14H15BrN2O4S/c1-14(9-2-3-9)12(19)17(13(20)16-14)5-11(18)21-6-8-4-10(15)22-7-8/h4,7,9H,2-3,5-6H2,1H3,(H,16,20). The number of carbonyl (C=O) groups is 3. The van der Waals surface area contributed by atoms with E-state index in [1.807, 2.05) is 11.4 Å². The summed E-state index contributed by atoms with van der Waals surface area (Å²) in [5.41, 5.74) is 0.000476. The summed E-state index contributed by atoms with van der Waals surface area (Å²) in [4.78, 5) is 37.1. The first-order chi connectivity index (χ1) is 10.4. The van der Waals surface area contributed by atoms with Crippen molar-refractivity contribution in [3.8, 4) is 0 Å². The predicted octanol–water partition coefficient (Wildman–Crippen LogP) is 2.27. The number of nitrogens with one attached hydrogen (secondary N) is 1. The van der Waals surface area contributed by atoms with Gasteiger partial charge >= 0.3 is 12.0 Å². The summed E-state index contributed by atoms with van der Waals surface area (Å²) >= 11 is 4.83. The van der Waals surface area contributed by atoms with Gasteiger partial charge in [-0.3, -0.25) is 14.5 Å². The average Bonchev–Trinajstić information content (AvgIpc) is 3.21. The van der Waals surface area contributed by atoms with Crippen LogP contribution in [-0.2, 0) is 20.9 Å². The number of rotatable bonds is 5. The lowest BCUT2D eigenvalue weighted by Crippen LogP contribution is -2.46. The molecule has 22 heavy (non-hydrogen) atoms. The molecule has 1 saturated carbocycles. The van der Waals surface area contributed by atoms with Crippen molar-refractivity contribution in [3.63, 3.8) is 0 Å². The number of halogens is 1. The molecule has 8 heteroatoms. The SMILES string of the molecule is CC1(C2CC2)NC(=O)N(CC(=O)OCc2csc(Br)c2)C1=O. The molecule has 0 radical (unpaired) electrons. The van der Waals surface area contributed by atoms with Crippen LogP contribution in [0.15, 0.2) is 15.2 Å². The normalized spacial score (nSPS) is 24.5. The molecule has 1 saturated heterocycles. The molecular weight excluding hydrogens is 372 g/mol. The first-order valence-electron chi connectivity index (χ1n) is 6.93. The van der Waals surface area contributed by atoms with E-state index >= 15 is 0 Å². The van der Waals surface area contributed by atoms with Gasteiger partial charge in [0.1, 0.15) is 18.7 Å². The fraction of sp³-hybridized carbons (Fsp3) is 0.500. The van der Waals surface area contributed by atoms with Crippen LogP contribution in [0.1, 0.15) is 25.3 Å². The van der Waals surface area contributed by atoms with Crippen molar-refractivity contribution in [1.82, 2.24) is 10.2 Å². The Morgan fingerprint density at radius 2 is 2.27 bits per heavy atom. The lowest BCUT2D eigenvalue weighted by molar-refractivity contribution is -0.148. The molecule has 1 aliphatic carbocycles. The minimum absolute atomic E-state index is 0.129. The molecule has 118 valence electrons. The number of nitrogens with zero attached hydrogens (tertiary/aromatic N) is 1. The molecule has 2 aliphatic rings. The molecular formula is C14H15BrN2O4S. The summed E-state index contributed by atoms with van der Waals surface area (Å²) in [7, 11) is 0. The van der Waals surface area contributed by atoms with Gasteiger partial charge in [-0.05, 0) is 53.1 Å². The van der Waals surface area contributed by atoms with Gasteiger partial charge in [0.15, 0.2) is 0 Å². The highest BCUT2D eigenvalue weighted by molar-refractivity contribution is 9.11. The highest BCUT2D eigenvalue weighted by Gasteiger charge is 2.56. The number of hydrogen-bond acceptors (Lipinski definition) is 5. The molecule has 6 nitrogen and oxygen atoms in total. The molecule has 1 unspecified atom stereocenters. The Kier molecular flexibility index (Phi) is 3.98. The Morgan fingerprint density at radius 3 is 2.86 bits per heavy atom. The van der Waals surface area contributed by atoms with Gasteiger partial charge in [-0.15, -0.1) is 11.3 Å². The van der Waals surface area contributed by atoms with Crippen molar-refractivity contribution in [1.29, 1.82) is 0 Å². The van der Waals surface area contributed by atoms with E-state index in [9.17, 15) is 14.4 Å². The third-order valence-corrected chi connectivity index (χ3v) is 5.56. The molecule has 0 spiro atoms. The number of carbonyl (C=O) groups excluding carboxylic acids is 3. The minimum Gasteiger partial charge on any atom is -0.459 e. The zero-order valence-corrected chi connectivity index (χ0v) is 14.3. The number of imide groups is 1. The quantitative estimate of drug-likeness (QED) is 0.621. The Bertz CT molecular complexity index is 643. The fourth-order valence-corrected chi connectivity index (χ4v) is 3.75. The molecule has 1 aromatic heterocycles. The maximum Gasteiger partial charge on any atom is 0.326 e. The molecule has 1 atom stereocenters. The Morgan fingerprint density at radius 1 is 1.55 bits per heavy atom. The number of ether oxygens (including phenoxy) is 1. The van der Waals surface area contributed by atoms with Crippen molar-refractivity contribution in [2.45, 2.75) is 31.9 Å². The van der Waals surface area contributed by atoms with Crippen LogP contribution in [0.4, 0.5) is 4.79 Å². The van der Waals surface area contributed by atoms with E-state index in [4.69, 9.17) is 4.74 Å². The van der Waals surface area contributed by atoms with E-state index in [2.05, 4.69) is 21.2 Å². The van der Waals surface area contributed by atoms with E-state index in [1.54, 1.807) is 6.92 Å². The van der Waals surface area contributed by atoms with Gasteiger partial charge in [-0.25, -0.2) is 4.79 Å². The summed E-state index contributed by atoms with van der Waals surface area (Å²) in [6.07, 6.45) is 1.85. The van der Waals surface area contributed by atoms with Gasteiger partial charge in [0.25, 0.3) is 5.91 Å². The lowest BCUT2D eigenvalue weighted by Gasteiger charge is -2.20. The Labute approximate surface area is 139 Å². The molecule has 1 N–H and O–H groups in total. The van der Waals surface area contributed by atoms with Crippen LogP contribution >= 0.6 is 27.3 Å². The summed E-state index contributed by atoms with van der Waals surface area (Å²) in [5.74, 6) is -0.755. The van der Waals surface area contributed by atoms with Crippen LogP contribution in [-0.4, -0.2) is 34.9 Å². The number of thiophene rings is 1. The molecule has 0 aromatic carbocycles. The number of urea groups is 1. The van der Waals surface area contributed by atoms with Crippen LogP contribution in [0.2, 0.25) is 0 Å². The molecule has 3 rings (SSSR count). The monoisotopic (exact) mass is 386 g/mol. The second-order valence-electron chi connectivity index (χ2n) is 5.72. The summed E-state index contributed by atoms with van der Waals surface area (Å²) in [5, 5.41) is 4.57. The Balaban J connectivity index is 1.57. The molecule has 1 aromatic rings.